The van der Waals surface area contributed by atoms with E-state index in [0.29, 0.717) is 63.9 Å². The molecule has 2 aliphatic heterocycles. The molecular formula is C18H25N5O6S. The first-order valence-electron chi connectivity index (χ1n) is 9.84. The summed E-state index contributed by atoms with van der Waals surface area (Å²) in [7, 11) is -3.76. The van der Waals surface area contributed by atoms with Gasteiger partial charge >= 0.3 is 0 Å². The van der Waals surface area contributed by atoms with Gasteiger partial charge in [0, 0.05) is 37.3 Å². The molecule has 0 bridgehead atoms. The Morgan fingerprint density at radius 1 is 1.17 bits per heavy atom. The summed E-state index contributed by atoms with van der Waals surface area (Å²) in [6.07, 6.45) is 0.620. The number of morpholine rings is 1. The standard InChI is InChI=1S/C18H25N5O6S/c1-12-17(13(2)29-21-12)30(25,26)19-4-5-23-15-3-8-28-11-14(15)16(20-23)18(24)22-6-9-27-10-7-22/h19H,3-11H2,1-2H3. The van der Waals surface area contributed by atoms with E-state index in [1.165, 1.54) is 0 Å². The lowest BCUT2D eigenvalue weighted by Crippen LogP contribution is -2.41. The van der Waals surface area contributed by atoms with Crippen LogP contribution in [0.1, 0.15) is 33.2 Å². The molecule has 1 saturated heterocycles. The van der Waals surface area contributed by atoms with Crippen LogP contribution in [-0.4, -0.2) is 73.6 Å². The molecule has 0 spiro atoms. The lowest BCUT2D eigenvalue weighted by Gasteiger charge is -2.26. The largest absolute Gasteiger partial charge is 0.378 e. The van der Waals surface area contributed by atoms with Crippen molar-refractivity contribution in [3.05, 3.63) is 28.4 Å². The topological polar surface area (TPSA) is 129 Å². The van der Waals surface area contributed by atoms with Crippen LogP contribution in [0.4, 0.5) is 0 Å². The third-order valence-corrected chi connectivity index (χ3v) is 6.95. The molecule has 30 heavy (non-hydrogen) atoms. The van der Waals surface area contributed by atoms with Gasteiger partial charge in [0.15, 0.2) is 11.5 Å². The lowest BCUT2D eigenvalue weighted by atomic mass is 10.1. The molecule has 2 aromatic heterocycles. The fourth-order valence-electron chi connectivity index (χ4n) is 3.80. The van der Waals surface area contributed by atoms with Gasteiger partial charge < -0.3 is 18.9 Å². The van der Waals surface area contributed by atoms with Gasteiger partial charge in [-0.1, -0.05) is 5.16 Å². The van der Waals surface area contributed by atoms with Crippen molar-refractivity contribution < 1.29 is 27.2 Å². The summed E-state index contributed by atoms with van der Waals surface area (Å²) in [5, 5.41) is 8.22. The molecule has 0 atom stereocenters. The van der Waals surface area contributed by atoms with Crippen LogP contribution in [0.15, 0.2) is 9.42 Å². The number of rotatable bonds is 6. The SMILES string of the molecule is Cc1noc(C)c1S(=O)(=O)NCCn1nc(C(=O)N2CCOCC2)c2c1CCOC2. The van der Waals surface area contributed by atoms with Gasteiger partial charge in [0.2, 0.25) is 10.0 Å². The van der Waals surface area contributed by atoms with E-state index >= 15 is 0 Å². The third-order valence-electron chi connectivity index (χ3n) is 5.25. The number of aryl methyl sites for hydroxylation is 2. The Morgan fingerprint density at radius 2 is 1.93 bits per heavy atom. The van der Waals surface area contributed by atoms with Gasteiger partial charge in [-0.2, -0.15) is 5.10 Å². The summed E-state index contributed by atoms with van der Waals surface area (Å²) in [4.78, 5) is 14.7. The van der Waals surface area contributed by atoms with Gasteiger partial charge in [0.05, 0.1) is 33.0 Å². The number of amides is 1. The normalized spacial score (nSPS) is 17.2. The fourth-order valence-corrected chi connectivity index (χ4v) is 5.14. The van der Waals surface area contributed by atoms with E-state index < -0.39 is 10.0 Å². The number of sulfonamides is 1. The van der Waals surface area contributed by atoms with Crippen molar-refractivity contribution in [1.82, 2.24) is 24.6 Å². The van der Waals surface area contributed by atoms with E-state index in [0.717, 1.165) is 11.3 Å². The monoisotopic (exact) mass is 439 g/mol. The van der Waals surface area contributed by atoms with E-state index in [1.54, 1.807) is 23.4 Å². The first-order chi connectivity index (χ1) is 14.4. The van der Waals surface area contributed by atoms with E-state index in [2.05, 4.69) is 15.0 Å². The quantitative estimate of drug-likeness (QED) is 0.667. The Kier molecular flexibility index (Phi) is 5.91. The highest BCUT2D eigenvalue weighted by Crippen LogP contribution is 2.23. The van der Waals surface area contributed by atoms with E-state index in [1.807, 2.05) is 0 Å². The minimum absolute atomic E-state index is 0.0570. The van der Waals surface area contributed by atoms with Crippen molar-refractivity contribution in [2.45, 2.75) is 38.3 Å². The zero-order chi connectivity index (χ0) is 21.3. The maximum Gasteiger partial charge on any atom is 0.274 e. The van der Waals surface area contributed by atoms with Crippen LogP contribution in [0.5, 0.6) is 0 Å². The second-order valence-electron chi connectivity index (χ2n) is 7.26. The molecule has 1 amide bonds. The second kappa shape index (κ2) is 8.46. The predicted molar refractivity (Wildman–Crippen MR) is 103 cm³/mol. The van der Waals surface area contributed by atoms with Crippen LogP contribution in [0.2, 0.25) is 0 Å². The molecule has 0 aliphatic carbocycles. The first kappa shape index (κ1) is 21.0. The molecule has 2 aromatic rings. The van der Waals surface area contributed by atoms with Crippen molar-refractivity contribution in [3.63, 3.8) is 0 Å². The number of ether oxygens (including phenoxy) is 2. The fraction of sp³-hybridized carbons (Fsp3) is 0.611. The number of carbonyl (C=O) groups is 1. The highest BCUT2D eigenvalue weighted by Gasteiger charge is 2.29. The Labute approximate surface area is 174 Å². The van der Waals surface area contributed by atoms with Crippen molar-refractivity contribution in [2.24, 2.45) is 0 Å². The maximum absolute atomic E-state index is 13.0. The molecule has 0 radical (unpaired) electrons. The van der Waals surface area contributed by atoms with Crippen molar-refractivity contribution >= 4 is 15.9 Å². The van der Waals surface area contributed by atoms with Crippen LogP contribution < -0.4 is 4.72 Å². The van der Waals surface area contributed by atoms with Crippen LogP contribution in [-0.2, 0) is 39.1 Å². The Bertz CT molecular complexity index is 1020. The lowest BCUT2D eigenvalue weighted by molar-refractivity contribution is 0.0294. The average Bonchev–Trinajstić information content (AvgIpc) is 3.28. The molecule has 11 nitrogen and oxygen atoms in total. The smallest absolute Gasteiger partial charge is 0.274 e. The van der Waals surface area contributed by atoms with Gasteiger partial charge in [0.1, 0.15) is 10.6 Å². The Balaban J connectivity index is 1.50. The van der Waals surface area contributed by atoms with E-state index in [4.69, 9.17) is 14.0 Å². The van der Waals surface area contributed by atoms with Crippen molar-refractivity contribution in [2.75, 3.05) is 39.5 Å². The van der Waals surface area contributed by atoms with E-state index in [-0.39, 0.29) is 23.1 Å². The number of fused-ring (bicyclic) bond motifs is 1. The van der Waals surface area contributed by atoms with Crippen LogP contribution in [0, 0.1) is 13.8 Å². The Hall–Kier alpha value is -2.28. The zero-order valence-electron chi connectivity index (χ0n) is 17.0. The number of hydrogen-bond acceptors (Lipinski definition) is 8. The molecule has 12 heteroatoms. The molecule has 2 aliphatic rings. The molecular weight excluding hydrogens is 414 g/mol. The number of nitrogens with one attached hydrogen (secondary N) is 1. The highest BCUT2D eigenvalue weighted by molar-refractivity contribution is 7.89. The summed E-state index contributed by atoms with van der Waals surface area (Å²) >= 11 is 0. The molecule has 164 valence electrons. The Morgan fingerprint density at radius 3 is 2.63 bits per heavy atom. The van der Waals surface area contributed by atoms with Gasteiger partial charge in [-0.3, -0.25) is 9.48 Å². The molecule has 0 aromatic carbocycles. The van der Waals surface area contributed by atoms with Gasteiger partial charge in [-0.25, -0.2) is 13.1 Å². The number of nitrogens with zero attached hydrogens (tertiary/aromatic N) is 4. The maximum atomic E-state index is 13.0. The second-order valence-corrected chi connectivity index (χ2v) is 8.96. The molecule has 4 heterocycles. The summed E-state index contributed by atoms with van der Waals surface area (Å²) < 4.78 is 45.3. The van der Waals surface area contributed by atoms with Crippen LogP contribution >= 0.6 is 0 Å². The first-order valence-corrected chi connectivity index (χ1v) is 11.3. The summed E-state index contributed by atoms with van der Waals surface area (Å²) in [5.74, 6) is 0.0992. The molecule has 1 N–H and O–H groups in total. The van der Waals surface area contributed by atoms with E-state index in [9.17, 15) is 13.2 Å². The molecule has 0 unspecified atom stereocenters. The van der Waals surface area contributed by atoms with Crippen molar-refractivity contribution in [1.29, 1.82) is 0 Å². The van der Waals surface area contributed by atoms with Crippen LogP contribution in [0.3, 0.4) is 0 Å². The summed E-state index contributed by atoms with van der Waals surface area (Å²) in [5.41, 5.74) is 2.38. The minimum Gasteiger partial charge on any atom is -0.378 e. The number of hydrogen-bond donors (Lipinski definition) is 1. The average molecular weight is 439 g/mol. The third kappa shape index (κ3) is 4.00. The molecule has 0 saturated carbocycles. The van der Waals surface area contributed by atoms with Crippen LogP contribution in [0.25, 0.3) is 0 Å². The predicted octanol–water partition coefficient (Wildman–Crippen LogP) is 0.0115. The number of aromatic nitrogens is 3. The zero-order valence-corrected chi connectivity index (χ0v) is 17.8. The highest BCUT2D eigenvalue weighted by atomic mass is 32.2. The van der Waals surface area contributed by atoms with Crippen molar-refractivity contribution in [3.8, 4) is 0 Å². The van der Waals surface area contributed by atoms with Gasteiger partial charge in [0.25, 0.3) is 5.91 Å². The molecule has 1 fully saturated rings. The van der Waals surface area contributed by atoms with Gasteiger partial charge in [-0.05, 0) is 13.8 Å². The number of carbonyl (C=O) groups excluding carboxylic acids is 1. The van der Waals surface area contributed by atoms with Gasteiger partial charge in [-0.15, -0.1) is 0 Å². The summed E-state index contributed by atoms with van der Waals surface area (Å²) in [6.45, 7) is 6.48. The summed E-state index contributed by atoms with van der Waals surface area (Å²) in [6, 6.07) is 0. The molecule has 4 rings (SSSR count). The minimum atomic E-state index is -3.76.